The topological polar surface area (TPSA) is 40.6 Å². The van der Waals surface area contributed by atoms with Gasteiger partial charge in [-0.3, -0.25) is 0 Å². The van der Waals surface area contributed by atoms with Gasteiger partial charge in [-0.05, 0) is 12.5 Å². The van der Waals surface area contributed by atoms with Crippen LogP contribution in [0.1, 0.15) is 12.6 Å². The Morgan fingerprint density at radius 2 is 2.38 bits per heavy atom. The molecule has 1 aliphatic rings. The zero-order valence-electron chi connectivity index (χ0n) is 9.52. The predicted molar refractivity (Wildman–Crippen MR) is 59.7 cm³/mol. The number of hydrogen-bond donors (Lipinski definition) is 0. The zero-order chi connectivity index (χ0) is 11.2. The molecule has 0 aliphatic carbocycles. The fourth-order valence-corrected chi connectivity index (χ4v) is 1.55. The minimum Gasteiger partial charge on any atom is -0.475 e. The summed E-state index contributed by atoms with van der Waals surface area (Å²) in [6.07, 6.45) is 0.945. The van der Waals surface area contributed by atoms with Crippen molar-refractivity contribution in [1.82, 2.24) is 4.98 Å². The van der Waals surface area contributed by atoms with E-state index in [4.69, 9.17) is 14.2 Å². The second-order valence-corrected chi connectivity index (χ2v) is 3.70. The van der Waals surface area contributed by atoms with Gasteiger partial charge in [0.1, 0.15) is 12.7 Å². The standard InChI is InChI=1S/C12H17NO3/c1-2-10-4-3-5-12(13-10)16-9-11-8-14-6-7-15-11/h3-5,11H,2,6-9H2,1H3/t11-/m1/s1. The highest BCUT2D eigenvalue weighted by atomic mass is 16.6. The average Bonchev–Trinajstić information content (AvgIpc) is 2.38. The highest BCUT2D eigenvalue weighted by molar-refractivity contribution is 5.15. The molecule has 0 unspecified atom stereocenters. The third-order valence-corrected chi connectivity index (χ3v) is 2.45. The van der Waals surface area contributed by atoms with Gasteiger partial charge in [-0.2, -0.15) is 0 Å². The molecule has 1 aliphatic heterocycles. The second kappa shape index (κ2) is 5.82. The molecule has 0 spiro atoms. The first kappa shape index (κ1) is 11.4. The molecular formula is C12H17NO3. The maximum Gasteiger partial charge on any atom is 0.213 e. The average molecular weight is 223 g/mol. The Morgan fingerprint density at radius 3 is 3.12 bits per heavy atom. The molecule has 0 aromatic carbocycles. The van der Waals surface area contributed by atoms with Crippen LogP contribution in [0.5, 0.6) is 5.88 Å². The Labute approximate surface area is 95.5 Å². The van der Waals surface area contributed by atoms with Gasteiger partial charge in [-0.25, -0.2) is 4.98 Å². The smallest absolute Gasteiger partial charge is 0.213 e. The van der Waals surface area contributed by atoms with E-state index in [-0.39, 0.29) is 6.10 Å². The van der Waals surface area contributed by atoms with Crippen LogP contribution < -0.4 is 4.74 Å². The van der Waals surface area contributed by atoms with Gasteiger partial charge < -0.3 is 14.2 Å². The van der Waals surface area contributed by atoms with Crippen molar-refractivity contribution in [2.24, 2.45) is 0 Å². The lowest BCUT2D eigenvalue weighted by molar-refractivity contribution is -0.102. The molecule has 1 aromatic heterocycles. The van der Waals surface area contributed by atoms with Gasteiger partial charge in [-0.15, -0.1) is 0 Å². The summed E-state index contributed by atoms with van der Waals surface area (Å²) < 4.78 is 16.3. The highest BCUT2D eigenvalue weighted by Crippen LogP contribution is 2.10. The van der Waals surface area contributed by atoms with E-state index in [1.807, 2.05) is 18.2 Å². The van der Waals surface area contributed by atoms with Crippen molar-refractivity contribution in [3.05, 3.63) is 23.9 Å². The lowest BCUT2D eigenvalue weighted by Gasteiger charge is -2.22. The predicted octanol–water partition coefficient (Wildman–Crippen LogP) is 1.44. The Bertz CT molecular complexity index is 324. The van der Waals surface area contributed by atoms with Crippen LogP contribution in [0, 0.1) is 0 Å². The van der Waals surface area contributed by atoms with Crippen LogP contribution in [0.4, 0.5) is 0 Å². The van der Waals surface area contributed by atoms with Gasteiger partial charge in [0.2, 0.25) is 5.88 Å². The summed E-state index contributed by atoms with van der Waals surface area (Å²) >= 11 is 0. The van der Waals surface area contributed by atoms with Crippen LogP contribution in [0.15, 0.2) is 18.2 Å². The maximum absolute atomic E-state index is 5.57. The van der Waals surface area contributed by atoms with Crippen LogP contribution >= 0.6 is 0 Å². The maximum atomic E-state index is 5.57. The summed E-state index contributed by atoms with van der Waals surface area (Å²) in [4.78, 5) is 4.36. The molecule has 0 bridgehead atoms. The molecule has 0 N–H and O–H groups in total. The van der Waals surface area contributed by atoms with Crippen LogP contribution in [-0.2, 0) is 15.9 Å². The molecule has 0 amide bonds. The van der Waals surface area contributed by atoms with Crippen LogP contribution in [0.3, 0.4) is 0 Å². The molecule has 1 aromatic rings. The number of pyridine rings is 1. The molecule has 2 heterocycles. The first-order valence-electron chi connectivity index (χ1n) is 5.66. The number of aryl methyl sites for hydroxylation is 1. The largest absolute Gasteiger partial charge is 0.475 e. The number of hydrogen-bond acceptors (Lipinski definition) is 4. The van der Waals surface area contributed by atoms with E-state index in [1.54, 1.807) is 0 Å². The number of rotatable bonds is 4. The first-order valence-corrected chi connectivity index (χ1v) is 5.66. The number of aromatic nitrogens is 1. The second-order valence-electron chi connectivity index (χ2n) is 3.70. The van der Waals surface area contributed by atoms with Gasteiger partial charge >= 0.3 is 0 Å². The minimum atomic E-state index is 0.0285. The first-order chi connectivity index (χ1) is 7.88. The van der Waals surface area contributed by atoms with Gasteiger partial charge in [-0.1, -0.05) is 13.0 Å². The molecule has 4 nitrogen and oxygen atoms in total. The molecule has 1 saturated heterocycles. The number of ether oxygens (including phenoxy) is 3. The fraction of sp³-hybridized carbons (Fsp3) is 0.583. The molecule has 4 heteroatoms. The Morgan fingerprint density at radius 1 is 1.44 bits per heavy atom. The van der Waals surface area contributed by atoms with Crippen molar-refractivity contribution in [1.29, 1.82) is 0 Å². The van der Waals surface area contributed by atoms with E-state index in [2.05, 4.69) is 11.9 Å². The Hall–Kier alpha value is -1.13. The van der Waals surface area contributed by atoms with Crippen molar-refractivity contribution in [2.75, 3.05) is 26.4 Å². The molecule has 1 atom stereocenters. The van der Waals surface area contributed by atoms with Crippen LogP contribution in [0.2, 0.25) is 0 Å². The molecule has 0 radical (unpaired) electrons. The molecule has 2 rings (SSSR count). The lowest BCUT2D eigenvalue weighted by atomic mass is 10.3. The van der Waals surface area contributed by atoms with E-state index in [9.17, 15) is 0 Å². The van der Waals surface area contributed by atoms with Crippen molar-refractivity contribution in [3.8, 4) is 5.88 Å². The van der Waals surface area contributed by atoms with E-state index in [1.165, 1.54) is 0 Å². The summed E-state index contributed by atoms with van der Waals surface area (Å²) in [7, 11) is 0. The quantitative estimate of drug-likeness (QED) is 0.774. The van der Waals surface area contributed by atoms with Gasteiger partial charge in [0, 0.05) is 11.8 Å². The van der Waals surface area contributed by atoms with Crippen molar-refractivity contribution in [2.45, 2.75) is 19.4 Å². The fourth-order valence-electron chi connectivity index (χ4n) is 1.55. The molecule has 16 heavy (non-hydrogen) atoms. The normalized spacial score (nSPS) is 20.7. The van der Waals surface area contributed by atoms with Crippen LogP contribution in [0.25, 0.3) is 0 Å². The molecular weight excluding hydrogens is 206 g/mol. The Balaban J connectivity index is 1.83. The third-order valence-electron chi connectivity index (χ3n) is 2.45. The third kappa shape index (κ3) is 3.18. The minimum absolute atomic E-state index is 0.0285. The Kier molecular flexibility index (Phi) is 4.13. The van der Waals surface area contributed by atoms with Crippen molar-refractivity contribution < 1.29 is 14.2 Å². The number of nitrogens with zero attached hydrogens (tertiary/aromatic N) is 1. The van der Waals surface area contributed by atoms with Gasteiger partial charge in [0.15, 0.2) is 0 Å². The van der Waals surface area contributed by atoms with E-state index >= 15 is 0 Å². The summed E-state index contributed by atoms with van der Waals surface area (Å²) in [6.45, 7) is 4.51. The molecule has 88 valence electrons. The van der Waals surface area contributed by atoms with Crippen molar-refractivity contribution in [3.63, 3.8) is 0 Å². The zero-order valence-corrected chi connectivity index (χ0v) is 9.52. The summed E-state index contributed by atoms with van der Waals surface area (Å²) in [5, 5.41) is 0. The van der Waals surface area contributed by atoms with E-state index in [0.717, 1.165) is 12.1 Å². The summed E-state index contributed by atoms with van der Waals surface area (Å²) in [6, 6.07) is 5.81. The lowest BCUT2D eigenvalue weighted by Crippen LogP contribution is -2.33. The van der Waals surface area contributed by atoms with Gasteiger partial charge in [0.05, 0.1) is 19.8 Å². The monoisotopic (exact) mass is 223 g/mol. The van der Waals surface area contributed by atoms with Gasteiger partial charge in [0.25, 0.3) is 0 Å². The van der Waals surface area contributed by atoms with E-state index in [0.29, 0.717) is 32.3 Å². The summed E-state index contributed by atoms with van der Waals surface area (Å²) in [5.74, 6) is 0.661. The SMILES string of the molecule is CCc1cccc(OC[C@H]2COCCO2)n1. The summed E-state index contributed by atoms with van der Waals surface area (Å²) in [5.41, 5.74) is 1.04. The van der Waals surface area contributed by atoms with Crippen LogP contribution in [-0.4, -0.2) is 37.5 Å². The molecule has 0 saturated carbocycles. The highest BCUT2D eigenvalue weighted by Gasteiger charge is 2.15. The van der Waals surface area contributed by atoms with E-state index < -0.39 is 0 Å². The van der Waals surface area contributed by atoms with Crippen molar-refractivity contribution >= 4 is 0 Å². The molecule has 1 fully saturated rings.